The molecule has 0 aromatic carbocycles. The van der Waals surface area contributed by atoms with Crippen LogP contribution in [-0.2, 0) is 4.74 Å². The molecule has 0 aliphatic heterocycles. The number of thiophene rings is 1. The van der Waals surface area contributed by atoms with Crippen molar-refractivity contribution >= 4 is 23.1 Å². The Kier molecular flexibility index (Phi) is 3.29. The van der Waals surface area contributed by atoms with E-state index in [9.17, 15) is 9.59 Å². The van der Waals surface area contributed by atoms with Crippen LogP contribution in [0, 0.1) is 6.92 Å². The second-order valence-electron chi connectivity index (χ2n) is 3.77. The topological polar surface area (TPSA) is 72.0 Å². The molecular weight excluding hydrogens is 252 g/mol. The number of methoxy groups -OCH3 is 1. The number of rotatable bonds is 3. The number of ether oxygens (including phenoxy) is 1. The first-order valence-electron chi connectivity index (χ1n) is 5.29. The molecule has 5 nitrogen and oxygen atoms in total. The Morgan fingerprint density at radius 3 is 2.67 bits per heavy atom. The average Bonchev–Trinajstić information content (AvgIpc) is 2.93. The number of hydrogen-bond donors (Lipinski definition) is 1. The minimum atomic E-state index is -0.374. The molecule has 1 N–H and O–H groups in total. The van der Waals surface area contributed by atoms with E-state index >= 15 is 0 Å². The Bertz CT molecular complexity index is 613. The van der Waals surface area contributed by atoms with Crippen LogP contribution in [0.1, 0.15) is 32.8 Å². The van der Waals surface area contributed by atoms with Gasteiger partial charge in [0.25, 0.3) is 0 Å². The zero-order valence-corrected chi connectivity index (χ0v) is 11.1. The summed E-state index contributed by atoms with van der Waals surface area (Å²) in [5.41, 5.74) is 1.16. The van der Waals surface area contributed by atoms with E-state index in [-0.39, 0.29) is 11.8 Å². The summed E-state index contributed by atoms with van der Waals surface area (Å²) < 4.78 is 4.64. The first-order valence-corrected chi connectivity index (χ1v) is 6.10. The number of nitrogens with one attached hydrogen (secondary N) is 1. The number of ketones is 1. The fraction of sp³-hybridized carbons (Fsp3) is 0.250. The lowest BCUT2D eigenvalue weighted by Crippen LogP contribution is -1.96. The minimum Gasteiger partial charge on any atom is -0.465 e. The summed E-state index contributed by atoms with van der Waals surface area (Å²) >= 11 is 1.27. The van der Waals surface area contributed by atoms with Crippen LogP contribution in [0.2, 0.25) is 0 Å². The van der Waals surface area contributed by atoms with Crippen LogP contribution in [0.4, 0.5) is 0 Å². The lowest BCUT2D eigenvalue weighted by Gasteiger charge is -1.92. The molecule has 6 heteroatoms. The first kappa shape index (κ1) is 12.5. The van der Waals surface area contributed by atoms with Gasteiger partial charge in [-0.05, 0) is 19.1 Å². The van der Waals surface area contributed by atoms with E-state index in [2.05, 4.69) is 14.7 Å². The highest BCUT2D eigenvalue weighted by molar-refractivity contribution is 7.17. The Hall–Kier alpha value is -1.95. The van der Waals surface area contributed by atoms with Gasteiger partial charge in [0.1, 0.15) is 16.4 Å². The van der Waals surface area contributed by atoms with E-state index in [1.807, 2.05) is 0 Å². The van der Waals surface area contributed by atoms with Crippen LogP contribution < -0.4 is 0 Å². The molecule has 0 atom stereocenters. The van der Waals surface area contributed by atoms with Crippen LogP contribution in [-0.4, -0.2) is 28.8 Å². The van der Waals surface area contributed by atoms with Crippen molar-refractivity contribution in [1.29, 1.82) is 0 Å². The average molecular weight is 264 g/mol. The van der Waals surface area contributed by atoms with Crippen molar-refractivity contribution in [3.05, 3.63) is 28.4 Å². The van der Waals surface area contributed by atoms with E-state index in [0.29, 0.717) is 16.4 Å². The number of aryl methyl sites for hydroxylation is 1. The zero-order chi connectivity index (χ0) is 13.3. The molecule has 0 saturated carbocycles. The molecule has 2 aromatic rings. The quantitative estimate of drug-likeness (QED) is 0.682. The van der Waals surface area contributed by atoms with E-state index in [1.54, 1.807) is 19.1 Å². The van der Waals surface area contributed by atoms with Gasteiger partial charge in [0.2, 0.25) is 0 Å². The van der Waals surface area contributed by atoms with E-state index < -0.39 is 0 Å². The normalized spacial score (nSPS) is 10.4. The molecule has 0 unspecified atom stereocenters. The second kappa shape index (κ2) is 4.73. The van der Waals surface area contributed by atoms with Gasteiger partial charge in [-0.25, -0.2) is 9.78 Å². The summed E-state index contributed by atoms with van der Waals surface area (Å²) in [4.78, 5) is 31.2. The van der Waals surface area contributed by atoms with Crippen LogP contribution in [0.15, 0.2) is 12.1 Å². The van der Waals surface area contributed by atoms with Crippen LogP contribution in [0.25, 0.3) is 10.7 Å². The molecule has 2 aromatic heterocycles. The maximum atomic E-state index is 11.3. The highest BCUT2D eigenvalue weighted by atomic mass is 32.1. The Morgan fingerprint density at radius 1 is 1.39 bits per heavy atom. The van der Waals surface area contributed by atoms with Crippen molar-refractivity contribution in [2.75, 3.05) is 7.11 Å². The number of nitrogens with zero attached hydrogens (tertiary/aromatic N) is 1. The Balaban J connectivity index is 2.37. The molecule has 0 amide bonds. The van der Waals surface area contributed by atoms with Crippen molar-refractivity contribution < 1.29 is 14.3 Å². The van der Waals surface area contributed by atoms with Crippen molar-refractivity contribution in [1.82, 2.24) is 9.97 Å². The third-order valence-electron chi connectivity index (χ3n) is 2.44. The summed E-state index contributed by atoms with van der Waals surface area (Å²) in [6.45, 7) is 3.27. The standard InChI is InChI=1S/C12H12N2O3S/c1-6-10(7(2)15)14-11(13-6)8-4-5-9(18-8)12(16)17-3/h4-5H,1-3H3,(H,13,14). The second-order valence-corrected chi connectivity index (χ2v) is 4.85. The van der Waals surface area contributed by atoms with Gasteiger partial charge in [-0.3, -0.25) is 4.79 Å². The fourth-order valence-corrected chi connectivity index (χ4v) is 2.46. The van der Waals surface area contributed by atoms with Gasteiger partial charge in [0, 0.05) is 12.6 Å². The lowest BCUT2D eigenvalue weighted by atomic mass is 10.3. The number of H-pyrrole nitrogens is 1. The van der Waals surface area contributed by atoms with Crippen molar-refractivity contribution in [3.8, 4) is 10.7 Å². The monoisotopic (exact) mass is 264 g/mol. The SMILES string of the molecule is COC(=O)c1ccc(-c2nc(C(C)=O)c(C)[nH]2)s1. The van der Waals surface area contributed by atoms with Gasteiger partial charge in [-0.1, -0.05) is 0 Å². The van der Waals surface area contributed by atoms with Crippen LogP contribution >= 0.6 is 11.3 Å². The smallest absolute Gasteiger partial charge is 0.348 e. The molecule has 0 aliphatic carbocycles. The summed E-state index contributed by atoms with van der Waals surface area (Å²) in [6.07, 6.45) is 0. The molecule has 0 radical (unpaired) electrons. The number of hydrogen-bond acceptors (Lipinski definition) is 5. The number of carbonyl (C=O) groups excluding carboxylic acids is 2. The molecule has 0 aliphatic rings. The number of aromatic amines is 1. The summed E-state index contributed by atoms with van der Waals surface area (Å²) in [6, 6.07) is 3.45. The molecule has 0 saturated heterocycles. The van der Waals surface area contributed by atoms with Crippen molar-refractivity contribution in [2.24, 2.45) is 0 Å². The summed E-state index contributed by atoms with van der Waals surface area (Å²) in [7, 11) is 1.34. The van der Waals surface area contributed by atoms with E-state index in [1.165, 1.54) is 25.4 Å². The lowest BCUT2D eigenvalue weighted by molar-refractivity contribution is 0.0606. The van der Waals surface area contributed by atoms with E-state index in [4.69, 9.17) is 0 Å². The molecule has 2 heterocycles. The molecule has 0 fully saturated rings. The number of imidazole rings is 1. The fourth-order valence-electron chi connectivity index (χ4n) is 1.60. The molecule has 0 bridgehead atoms. The maximum absolute atomic E-state index is 11.3. The third kappa shape index (κ3) is 2.19. The number of carbonyl (C=O) groups is 2. The van der Waals surface area contributed by atoms with Crippen LogP contribution in [0.3, 0.4) is 0 Å². The molecule has 94 valence electrons. The van der Waals surface area contributed by atoms with Gasteiger partial charge < -0.3 is 9.72 Å². The van der Waals surface area contributed by atoms with E-state index in [0.717, 1.165) is 10.6 Å². The highest BCUT2D eigenvalue weighted by Crippen LogP contribution is 2.27. The maximum Gasteiger partial charge on any atom is 0.348 e. The van der Waals surface area contributed by atoms with Crippen molar-refractivity contribution in [2.45, 2.75) is 13.8 Å². The number of esters is 1. The van der Waals surface area contributed by atoms with Crippen LogP contribution in [0.5, 0.6) is 0 Å². The number of aromatic nitrogens is 2. The van der Waals surface area contributed by atoms with Gasteiger partial charge in [-0.2, -0.15) is 0 Å². The highest BCUT2D eigenvalue weighted by Gasteiger charge is 2.15. The summed E-state index contributed by atoms with van der Waals surface area (Å²) in [5.74, 6) is 0.138. The van der Waals surface area contributed by atoms with Gasteiger partial charge in [0.15, 0.2) is 5.78 Å². The molecular formula is C12H12N2O3S. The Morgan fingerprint density at radius 2 is 2.11 bits per heavy atom. The van der Waals surface area contributed by atoms with Crippen molar-refractivity contribution in [3.63, 3.8) is 0 Å². The summed E-state index contributed by atoms with van der Waals surface area (Å²) in [5, 5.41) is 0. The molecule has 2 rings (SSSR count). The zero-order valence-electron chi connectivity index (χ0n) is 10.2. The van der Waals surface area contributed by atoms with Gasteiger partial charge in [0.05, 0.1) is 12.0 Å². The van der Waals surface area contributed by atoms with Gasteiger partial charge >= 0.3 is 5.97 Å². The Labute approximate surface area is 108 Å². The van der Waals surface area contributed by atoms with Gasteiger partial charge in [-0.15, -0.1) is 11.3 Å². The minimum absolute atomic E-state index is 0.0836. The predicted molar refractivity (Wildman–Crippen MR) is 68.0 cm³/mol. The molecule has 18 heavy (non-hydrogen) atoms. The predicted octanol–water partition coefficient (Wildman–Crippen LogP) is 2.44. The number of Topliss-reactive ketones (excluding diaryl/α,β-unsaturated/α-hetero) is 1. The third-order valence-corrected chi connectivity index (χ3v) is 3.52. The largest absolute Gasteiger partial charge is 0.465 e. The first-order chi connectivity index (χ1) is 8.52. The molecule has 0 spiro atoms.